The smallest absolute Gasteiger partial charge is 0.242 e. The number of carbonyl (C=O) groups is 2. The largest absolute Gasteiger partial charge is 0.495 e. The molecule has 1 N–H and O–H groups in total. The van der Waals surface area contributed by atoms with Crippen LogP contribution in [0, 0.1) is 0 Å². The van der Waals surface area contributed by atoms with Crippen molar-refractivity contribution in [2.24, 2.45) is 0 Å². The number of benzene rings is 2. The third-order valence-corrected chi connectivity index (χ3v) is 6.80. The van der Waals surface area contributed by atoms with E-state index in [4.69, 9.17) is 4.74 Å². The fraction of sp³-hybridized carbons (Fsp3) is 0.440. The second-order valence-corrected chi connectivity index (χ2v) is 9.88. The molecule has 0 aromatic heterocycles. The van der Waals surface area contributed by atoms with Gasteiger partial charge in [-0.05, 0) is 37.0 Å². The van der Waals surface area contributed by atoms with Crippen LogP contribution in [0.15, 0.2) is 54.6 Å². The second-order valence-electron chi connectivity index (χ2n) is 7.97. The number of carbonyl (C=O) groups excluding carboxylic acids is 2. The Labute approximate surface area is 202 Å². The topological polar surface area (TPSA) is 96.0 Å². The molecule has 9 heteroatoms. The highest BCUT2D eigenvalue weighted by Crippen LogP contribution is 2.29. The lowest BCUT2D eigenvalue weighted by Crippen LogP contribution is -2.49. The van der Waals surface area contributed by atoms with Crippen LogP contribution in [0.4, 0.5) is 5.69 Å². The Kier molecular flexibility index (Phi) is 10.4. The zero-order valence-corrected chi connectivity index (χ0v) is 21.2. The summed E-state index contributed by atoms with van der Waals surface area (Å²) < 4.78 is 31.5. The van der Waals surface area contributed by atoms with Crippen LogP contribution < -0.4 is 14.4 Å². The van der Waals surface area contributed by atoms with Crippen molar-refractivity contribution in [2.75, 3.05) is 37.8 Å². The molecule has 0 saturated heterocycles. The first-order valence-corrected chi connectivity index (χ1v) is 13.2. The summed E-state index contributed by atoms with van der Waals surface area (Å²) in [5.41, 5.74) is 1.50. The first-order valence-electron chi connectivity index (χ1n) is 11.4. The van der Waals surface area contributed by atoms with Crippen molar-refractivity contribution < 1.29 is 22.7 Å². The lowest BCUT2D eigenvalue weighted by Gasteiger charge is -2.31. The van der Waals surface area contributed by atoms with Gasteiger partial charge in [-0.25, -0.2) is 8.42 Å². The molecule has 0 aliphatic rings. The monoisotopic (exact) mass is 489 g/mol. The van der Waals surface area contributed by atoms with Gasteiger partial charge in [0, 0.05) is 26.6 Å². The second kappa shape index (κ2) is 13.0. The van der Waals surface area contributed by atoms with Gasteiger partial charge in [-0.1, -0.05) is 49.4 Å². The van der Waals surface area contributed by atoms with Gasteiger partial charge in [0.15, 0.2) is 0 Å². The van der Waals surface area contributed by atoms with Crippen molar-refractivity contribution in [3.05, 3.63) is 60.2 Å². The van der Waals surface area contributed by atoms with E-state index in [1.807, 2.05) is 37.3 Å². The summed E-state index contributed by atoms with van der Waals surface area (Å²) in [5, 5.41) is 2.64. The van der Waals surface area contributed by atoms with Gasteiger partial charge in [0.2, 0.25) is 21.8 Å². The van der Waals surface area contributed by atoms with E-state index >= 15 is 0 Å². The minimum atomic E-state index is -3.59. The highest BCUT2D eigenvalue weighted by Gasteiger charge is 2.28. The summed E-state index contributed by atoms with van der Waals surface area (Å²) in [6, 6.07) is 16.1. The third-order valence-electron chi connectivity index (χ3n) is 5.62. The number of anilines is 1. The van der Waals surface area contributed by atoms with Crippen LogP contribution in [-0.2, 0) is 26.0 Å². The number of hydrogen-bond acceptors (Lipinski definition) is 5. The fourth-order valence-corrected chi connectivity index (χ4v) is 4.85. The predicted octanol–water partition coefficient (Wildman–Crippen LogP) is 2.84. The van der Waals surface area contributed by atoms with Crippen molar-refractivity contribution in [1.82, 2.24) is 10.2 Å². The molecule has 2 amide bonds. The molecule has 186 valence electrons. The number of nitrogens with one attached hydrogen (secondary N) is 1. The van der Waals surface area contributed by atoms with E-state index in [0.29, 0.717) is 37.2 Å². The standard InChI is InChI=1S/C25H35N3O5S/c1-5-21(25(30)26-2)27(19-17-20-12-7-6-8-13-20)24(29)16-11-18-28(34(4,31)32)22-14-9-10-15-23(22)33-3/h6-10,12-15,21H,5,11,16-19H2,1-4H3,(H,26,30). The van der Waals surface area contributed by atoms with Gasteiger partial charge in [0.1, 0.15) is 11.8 Å². The minimum absolute atomic E-state index is 0.115. The van der Waals surface area contributed by atoms with E-state index in [9.17, 15) is 18.0 Å². The molecule has 0 heterocycles. The number of hydrogen-bond donors (Lipinski definition) is 1. The van der Waals surface area contributed by atoms with E-state index in [1.165, 1.54) is 11.4 Å². The number of para-hydroxylation sites is 2. The number of likely N-dealkylation sites (N-methyl/N-ethyl adjacent to an activating group) is 1. The SMILES string of the molecule is CCC(C(=O)NC)N(CCc1ccccc1)C(=O)CCCN(c1ccccc1OC)S(C)(=O)=O. The minimum Gasteiger partial charge on any atom is -0.495 e. The molecular formula is C25H35N3O5S. The molecule has 0 aliphatic heterocycles. The Morgan fingerprint density at radius 3 is 2.26 bits per heavy atom. The number of methoxy groups -OCH3 is 1. The Balaban J connectivity index is 2.15. The van der Waals surface area contributed by atoms with Gasteiger partial charge in [-0.15, -0.1) is 0 Å². The zero-order chi connectivity index (χ0) is 25.1. The molecule has 2 aromatic carbocycles. The van der Waals surface area contributed by atoms with Gasteiger partial charge < -0.3 is 15.0 Å². The molecule has 34 heavy (non-hydrogen) atoms. The Bertz CT molecular complexity index is 1040. The fourth-order valence-electron chi connectivity index (χ4n) is 3.88. The normalized spacial score (nSPS) is 12.0. The van der Waals surface area contributed by atoms with Gasteiger partial charge in [0.25, 0.3) is 0 Å². The first kappa shape index (κ1) is 27.2. The molecule has 0 radical (unpaired) electrons. The van der Waals surface area contributed by atoms with Crippen molar-refractivity contribution in [2.45, 2.75) is 38.6 Å². The number of rotatable bonds is 13. The Morgan fingerprint density at radius 1 is 1.03 bits per heavy atom. The highest BCUT2D eigenvalue weighted by atomic mass is 32.2. The quantitative estimate of drug-likeness (QED) is 0.467. The van der Waals surface area contributed by atoms with Gasteiger partial charge in [-0.2, -0.15) is 0 Å². The van der Waals surface area contributed by atoms with Crippen LogP contribution >= 0.6 is 0 Å². The highest BCUT2D eigenvalue weighted by molar-refractivity contribution is 7.92. The van der Waals surface area contributed by atoms with Gasteiger partial charge in [-0.3, -0.25) is 13.9 Å². The molecule has 0 saturated carbocycles. The molecule has 1 unspecified atom stereocenters. The van der Waals surface area contributed by atoms with Crippen molar-refractivity contribution in [3.63, 3.8) is 0 Å². The molecule has 0 bridgehead atoms. The molecule has 2 aromatic rings. The van der Waals surface area contributed by atoms with Crippen LogP contribution in [0.5, 0.6) is 5.75 Å². The van der Waals surface area contributed by atoms with E-state index in [1.54, 1.807) is 36.2 Å². The van der Waals surface area contributed by atoms with Crippen LogP contribution in [-0.4, -0.2) is 64.7 Å². The van der Waals surface area contributed by atoms with Crippen LogP contribution in [0.1, 0.15) is 31.7 Å². The van der Waals surface area contributed by atoms with Crippen LogP contribution in [0.25, 0.3) is 0 Å². The Hall–Kier alpha value is -3.07. The molecule has 0 fully saturated rings. The maximum atomic E-state index is 13.2. The lowest BCUT2D eigenvalue weighted by molar-refractivity contribution is -0.140. The third kappa shape index (κ3) is 7.48. The number of amides is 2. The maximum Gasteiger partial charge on any atom is 0.242 e. The summed E-state index contributed by atoms with van der Waals surface area (Å²) in [4.78, 5) is 27.3. The van der Waals surface area contributed by atoms with E-state index < -0.39 is 16.1 Å². The average molecular weight is 490 g/mol. The van der Waals surface area contributed by atoms with Crippen molar-refractivity contribution in [3.8, 4) is 5.75 Å². The Morgan fingerprint density at radius 2 is 1.68 bits per heavy atom. The zero-order valence-electron chi connectivity index (χ0n) is 20.4. The van der Waals surface area contributed by atoms with Crippen molar-refractivity contribution in [1.29, 1.82) is 0 Å². The van der Waals surface area contributed by atoms with Crippen LogP contribution in [0.3, 0.4) is 0 Å². The maximum absolute atomic E-state index is 13.2. The van der Waals surface area contributed by atoms with E-state index in [2.05, 4.69) is 5.32 Å². The number of nitrogens with zero attached hydrogens (tertiary/aromatic N) is 2. The van der Waals surface area contributed by atoms with E-state index in [0.717, 1.165) is 11.8 Å². The molecule has 8 nitrogen and oxygen atoms in total. The van der Waals surface area contributed by atoms with Crippen molar-refractivity contribution >= 4 is 27.5 Å². The summed E-state index contributed by atoms with van der Waals surface area (Å²) in [7, 11) is -0.548. The molecule has 0 spiro atoms. The van der Waals surface area contributed by atoms with Gasteiger partial charge >= 0.3 is 0 Å². The number of sulfonamides is 1. The molecular weight excluding hydrogens is 454 g/mol. The summed E-state index contributed by atoms with van der Waals surface area (Å²) in [6.45, 7) is 2.39. The number of ether oxygens (including phenoxy) is 1. The summed E-state index contributed by atoms with van der Waals surface area (Å²) in [5.74, 6) is 0.0463. The molecule has 2 rings (SSSR count). The predicted molar refractivity (Wildman–Crippen MR) is 134 cm³/mol. The lowest BCUT2D eigenvalue weighted by atomic mass is 10.1. The van der Waals surface area contributed by atoms with Gasteiger partial charge in [0.05, 0.1) is 19.1 Å². The van der Waals surface area contributed by atoms with E-state index in [-0.39, 0.29) is 24.8 Å². The molecule has 1 atom stereocenters. The summed E-state index contributed by atoms with van der Waals surface area (Å²) in [6.07, 6.45) is 2.65. The first-order chi connectivity index (χ1) is 16.2. The summed E-state index contributed by atoms with van der Waals surface area (Å²) >= 11 is 0. The molecule has 0 aliphatic carbocycles. The average Bonchev–Trinajstić information content (AvgIpc) is 2.83. The van der Waals surface area contributed by atoms with Crippen LogP contribution in [0.2, 0.25) is 0 Å².